The quantitative estimate of drug-likeness (QED) is 0.858. The summed E-state index contributed by atoms with van der Waals surface area (Å²) in [6, 6.07) is 4.39. The molecular formula is C15H25NO. The van der Waals surface area contributed by atoms with Crippen molar-refractivity contribution in [2.75, 3.05) is 0 Å². The van der Waals surface area contributed by atoms with Gasteiger partial charge in [0, 0.05) is 6.04 Å². The highest BCUT2D eigenvalue weighted by Gasteiger charge is 2.14. The molecule has 1 aromatic rings. The molecule has 2 N–H and O–H groups in total. The Hall–Kier alpha value is -1.02. The van der Waals surface area contributed by atoms with Crippen LogP contribution in [0, 0.1) is 6.92 Å². The molecule has 17 heavy (non-hydrogen) atoms. The Labute approximate surface area is 105 Å². The summed E-state index contributed by atoms with van der Waals surface area (Å²) in [5.74, 6) is 1.44. The van der Waals surface area contributed by atoms with E-state index in [4.69, 9.17) is 10.5 Å². The van der Waals surface area contributed by atoms with Crippen molar-refractivity contribution in [2.24, 2.45) is 5.73 Å². The van der Waals surface area contributed by atoms with Crippen molar-refractivity contribution in [2.45, 2.75) is 59.6 Å². The van der Waals surface area contributed by atoms with Gasteiger partial charge in [0.1, 0.15) is 5.75 Å². The van der Waals surface area contributed by atoms with E-state index in [1.165, 1.54) is 16.7 Å². The van der Waals surface area contributed by atoms with Crippen molar-refractivity contribution in [3.8, 4) is 5.75 Å². The average molecular weight is 235 g/mol. The van der Waals surface area contributed by atoms with Gasteiger partial charge in [-0.15, -0.1) is 0 Å². The molecule has 0 aliphatic carbocycles. The highest BCUT2D eigenvalue weighted by Crippen LogP contribution is 2.32. The van der Waals surface area contributed by atoms with Crippen LogP contribution in [0.5, 0.6) is 5.75 Å². The second-order valence-corrected chi connectivity index (χ2v) is 5.36. The maximum atomic E-state index is 5.99. The summed E-state index contributed by atoms with van der Waals surface area (Å²) >= 11 is 0. The van der Waals surface area contributed by atoms with E-state index in [1.54, 1.807) is 0 Å². The van der Waals surface area contributed by atoms with Crippen LogP contribution in [0.3, 0.4) is 0 Å². The Balaban J connectivity index is 3.25. The van der Waals surface area contributed by atoms with Crippen LogP contribution in [-0.4, -0.2) is 6.10 Å². The predicted octanol–water partition coefficient (Wildman–Crippen LogP) is 3.93. The fraction of sp³-hybridized carbons (Fsp3) is 0.600. The number of nitrogens with two attached hydrogens (primary N) is 1. The molecule has 0 heterocycles. The molecule has 1 aromatic carbocycles. The minimum atomic E-state index is 0.0700. The van der Waals surface area contributed by atoms with Gasteiger partial charge in [-0.3, -0.25) is 0 Å². The van der Waals surface area contributed by atoms with Crippen LogP contribution in [0.2, 0.25) is 0 Å². The summed E-state index contributed by atoms with van der Waals surface area (Å²) < 4.78 is 5.88. The molecule has 1 unspecified atom stereocenters. The monoisotopic (exact) mass is 235 g/mol. The van der Waals surface area contributed by atoms with Gasteiger partial charge in [-0.25, -0.2) is 0 Å². The first kappa shape index (κ1) is 14.0. The Morgan fingerprint density at radius 2 is 1.59 bits per heavy atom. The predicted molar refractivity (Wildman–Crippen MR) is 73.6 cm³/mol. The minimum absolute atomic E-state index is 0.0700. The lowest BCUT2D eigenvalue weighted by atomic mass is 9.94. The van der Waals surface area contributed by atoms with Crippen LogP contribution < -0.4 is 10.5 Å². The normalized spacial score (nSPS) is 13.2. The summed E-state index contributed by atoms with van der Waals surface area (Å²) in [6.45, 7) is 12.6. The van der Waals surface area contributed by atoms with E-state index in [1.807, 2.05) is 6.92 Å². The van der Waals surface area contributed by atoms with Gasteiger partial charge in [-0.2, -0.15) is 0 Å². The van der Waals surface area contributed by atoms with E-state index in [2.05, 4.69) is 46.8 Å². The van der Waals surface area contributed by atoms with Gasteiger partial charge in [0.05, 0.1) is 6.10 Å². The van der Waals surface area contributed by atoms with Gasteiger partial charge < -0.3 is 10.5 Å². The molecule has 2 heteroatoms. The zero-order chi connectivity index (χ0) is 13.2. The van der Waals surface area contributed by atoms with Gasteiger partial charge in [0.15, 0.2) is 0 Å². The zero-order valence-electron chi connectivity index (χ0n) is 11.9. The molecule has 0 radical (unpaired) electrons. The molecule has 0 saturated carbocycles. The average Bonchev–Trinajstić information content (AvgIpc) is 2.15. The van der Waals surface area contributed by atoms with Crippen molar-refractivity contribution >= 4 is 0 Å². The molecule has 0 amide bonds. The van der Waals surface area contributed by atoms with E-state index in [0.29, 0.717) is 5.92 Å². The molecule has 0 fully saturated rings. The van der Waals surface area contributed by atoms with Crippen LogP contribution in [0.25, 0.3) is 0 Å². The molecule has 96 valence electrons. The van der Waals surface area contributed by atoms with Crippen LogP contribution in [0.4, 0.5) is 0 Å². The van der Waals surface area contributed by atoms with Gasteiger partial charge in [0.2, 0.25) is 0 Å². The molecular weight excluding hydrogens is 210 g/mol. The molecule has 1 atom stereocenters. The van der Waals surface area contributed by atoms with Crippen molar-refractivity contribution in [1.29, 1.82) is 0 Å². The van der Waals surface area contributed by atoms with Crippen molar-refractivity contribution in [3.63, 3.8) is 0 Å². The number of aryl methyl sites for hydroxylation is 1. The van der Waals surface area contributed by atoms with E-state index < -0.39 is 0 Å². The van der Waals surface area contributed by atoms with Crippen LogP contribution >= 0.6 is 0 Å². The Kier molecular flexibility index (Phi) is 4.58. The largest absolute Gasteiger partial charge is 0.491 e. The maximum absolute atomic E-state index is 5.99. The van der Waals surface area contributed by atoms with Gasteiger partial charge >= 0.3 is 0 Å². The maximum Gasteiger partial charge on any atom is 0.123 e. The first-order valence-electron chi connectivity index (χ1n) is 6.39. The number of ether oxygens (including phenoxy) is 1. The van der Waals surface area contributed by atoms with E-state index in [-0.39, 0.29) is 12.1 Å². The molecule has 0 aromatic heterocycles. The third kappa shape index (κ3) is 3.47. The van der Waals surface area contributed by atoms with Crippen molar-refractivity contribution in [3.05, 3.63) is 28.8 Å². The highest BCUT2D eigenvalue weighted by molar-refractivity contribution is 5.45. The lowest BCUT2D eigenvalue weighted by Gasteiger charge is -2.20. The fourth-order valence-electron chi connectivity index (χ4n) is 2.01. The molecule has 0 saturated heterocycles. The van der Waals surface area contributed by atoms with Gasteiger partial charge in [-0.1, -0.05) is 19.9 Å². The Bertz CT molecular complexity index is 381. The topological polar surface area (TPSA) is 35.2 Å². The Morgan fingerprint density at radius 3 is 2.00 bits per heavy atom. The molecule has 0 bridgehead atoms. The fourth-order valence-corrected chi connectivity index (χ4v) is 2.01. The molecule has 0 spiro atoms. The second-order valence-electron chi connectivity index (χ2n) is 5.36. The van der Waals surface area contributed by atoms with Crippen molar-refractivity contribution in [1.82, 2.24) is 0 Å². The molecule has 0 aliphatic rings. The van der Waals surface area contributed by atoms with Crippen LogP contribution in [0.15, 0.2) is 12.1 Å². The number of rotatable bonds is 4. The third-order valence-corrected chi connectivity index (χ3v) is 2.87. The van der Waals surface area contributed by atoms with Crippen molar-refractivity contribution < 1.29 is 4.74 Å². The summed E-state index contributed by atoms with van der Waals surface area (Å²) in [5.41, 5.74) is 9.66. The number of hydrogen-bond acceptors (Lipinski definition) is 2. The molecule has 2 nitrogen and oxygen atoms in total. The first-order valence-corrected chi connectivity index (χ1v) is 6.39. The minimum Gasteiger partial charge on any atom is -0.491 e. The molecule has 1 rings (SSSR count). The highest BCUT2D eigenvalue weighted by atomic mass is 16.5. The van der Waals surface area contributed by atoms with E-state index >= 15 is 0 Å². The van der Waals surface area contributed by atoms with Gasteiger partial charge in [-0.05, 0) is 56.4 Å². The number of benzene rings is 1. The Morgan fingerprint density at radius 1 is 1.00 bits per heavy atom. The van der Waals surface area contributed by atoms with Crippen LogP contribution in [0.1, 0.15) is 63.3 Å². The van der Waals surface area contributed by atoms with Gasteiger partial charge in [0.25, 0.3) is 0 Å². The summed E-state index contributed by atoms with van der Waals surface area (Å²) in [4.78, 5) is 0. The summed E-state index contributed by atoms with van der Waals surface area (Å²) in [6.07, 6.45) is 0.202. The van der Waals surface area contributed by atoms with Crippen LogP contribution in [-0.2, 0) is 0 Å². The first-order chi connectivity index (χ1) is 7.82. The number of hydrogen-bond donors (Lipinski definition) is 1. The lowest BCUT2D eigenvalue weighted by Crippen LogP contribution is -2.12. The lowest BCUT2D eigenvalue weighted by molar-refractivity contribution is 0.239. The smallest absolute Gasteiger partial charge is 0.123 e. The standard InChI is InChI=1S/C15H25NO/c1-9(2)13-8-14(12(6)16)11(5)7-15(13)17-10(3)4/h7-10,12H,16H2,1-6H3. The second kappa shape index (κ2) is 5.54. The van der Waals surface area contributed by atoms with E-state index in [0.717, 1.165) is 5.75 Å². The molecule has 0 aliphatic heterocycles. The summed E-state index contributed by atoms with van der Waals surface area (Å²) in [7, 11) is 0. The SMILES string of the molecule is Cc1cc(OC(C)C)c(C(C)C)cc1C(C)N. The summed E-state index contributed by atoms with van der Waals surface area (Å²) in [5, 5.41) is 0. The third-order valence-electron chi connectivity index (χ3n) is 2.87. The zero-order valence-corrected chi connectivity index (χ0v) is 11.9. The van der Waals surface area contributed by atoms with E-state index in [9.17, 15) is 0 Å².